The highest BCUT2D eigenvalue weighted by Crippen LogP contribution is 2.35. The lowest BCUT2D eigenvalue weighted by molar-refractivity contribution is -0.138. The Kier molecular flexibility index (Phi) is 2.36. The molecule has 1 aromatic heterocycles. The van der Waals surface area contributed by atoms with E-state index in [-0.39, 0.29) is 24.5 Å². The maximum atomic E-state index is 11.4. The lowest BCUT2D eigenvalue weighted by Gasteiger charge is -2.27. The number of hydrogen-bond donors (Lipinski definition) is 0. The molecule has 6 heteroatoms. The van der Waals surface area contributed by atoms with Gasteiger partial charge in [-0.15, -0.1) is 11.3 Å². The second-order valence-corrected chi connectivity index (χ2v) is 4.52. The zero-order chi connectivity index (χ0) is 11.8. The first-order valence-electron chi connectivity index (χ1n) is 5.13. The van der Waals surface area contributed by atoms with Crippen LogP contribution in [0.5, 0.6) is 11.5 Å². The van der Waals surface area contributed by atoms with E-state index >= 15 is 0 Å². The van der Waals surface area contributed by atoms with Gasteiger partial charge in [0.05, 0.1) is 6.54 Å². The number of hydrogen-bond acceptors (Lipinski definition) is 5. The van der Waals surface area contributed by atoms with Crippen molar-refractivity contribution < 1.29 is 19.1 Å². The molecule has 0 radical (unpaired) electrons. The van der Waals surface area contributed by atoms with Crippen LogP contribution in [0, 0.1) is 0 Å². The van der Waals surface area contributed by atoms with Gasteiger partial charge in [0.25, 0.3) is 11.8 Å². The Hall–Kier alpha value is -1.82. The quantitative estimate of drug-likeness (QED) is 0.730. The van der Waals surface area contributed by atoms with Crippen LogP contribution >= 0.6 is 11.3 Å². The average molecular weight is 251 g/mol. The van der Waals surface area contributed by atoms with Crippen molar-refractivity contribution >= 4 is 23.2 Å². The molecule has 17 heavy (non-hydrogen) atoms. The highest BCUT2D eigenvalue weighted by atomic mass is 32.1. The topological polar surface area (TPSA) is 55.8 Å². The maximum absolute atomic E-state index is 11.4. The third-order valence-corrected chi connectivity index (χ3v) is 3.30. The van der Waals surface area contributed by atoms with Crippen LogP contribution in [0.15, 0.2) is 22.9 Å². The van der Waals surface area contributed by atoms with Gasteiger partial charge in [0, 0.05) is 22.9 Å². The molecule has 0 saturated carbocycles. The molecule has 3 rings (SSSR count). The molecule has 1 unspecified atom stereocenters. The molecule has 0 aromatic carbocycles. The predicted molar refractivity (Wildman–Crippen MR) is 60.1 cm³/mol. The van der Waals surface area contributed by atoms with E-state index < -0.39 is 0 Å². The molecule has 1 atom stereocenters. The normalized spacial score (nSPS) is 22.4. The molecule has 5 nitrogen and oxygen atoms in total. The molecule has 0 saturated heterocycles. The Morgan fingerprint density at radius 3 is 2.71 bits per heavy atom. The Morgan fingerprint density at radius 2 is 1.94 bits per heavy atom. The standard InChI is InChI=1S/C11H9NO4S/c13-10-1-2-11(14)12(10)3-7-4-15-8-5-17-6-9(8)16-7/h1-2,5-7H,3-4H2. The summed E-state index contributed by atoms with van der Waals surface area (Å²) in [6, 6.07) is 0. The number of nitrogens with zero attached hydrogens (tertiary/aromatic N) is 1. The number of ether oxygens (including phenoxy) is 2. The van der Waals surface area contributed by atoms with Crippen LogP contribution in [0.4, 0.5) is 0 Å². The molecule has 0 N–H and O–H groups in total. The smallest absolute Gasteiger partial charge is 0.253 e. The fraction of sp³-hybridized carbons (Fsp3) is 0.273. The lowest BCUT2D eigenvalue weighted by atomic mass is 10.3. The summed E-state index contributed by atoms with van der Waals surface area (Å²) in [4.78, 5) is 23.9. The number of rotatable bonds is 2. The van der Waals surface area contributed by atoms with Crippen molar-refractivity contribution in [1.82, 2.24) is 4.90 Å². The zero-order valence-corrected chi connectivity index (χ0v) is 9.61. The first-order valence-corrected chi connectivity index (χ1v) is 6.07. The third-order valence-electron chi connectivity index (χ3n) is 2.60. The van der Waals surface area contributed by atoms with Gasteiger partial charge >= 0.3 is 0 Å². The van der Waals surface area contributed by atoms with E-state index in [2.05, 4.69) is 0 Å². The van der Waals surface area contributed by atoms with Crippen LogP contribution in [-0.2, 0) is 9.59 Å². The highest BCUT2D eigenvalue weighted by molar-refractivity contribution is 7.08. The van der Waals surface area contributed by atoms with Crippen molar-refractivity contribution in [3.63, 3.8) is 0 Å². The van der Waals surface area contributed by atoms with E-state index in [1.54, 1.807) is 0 Å². The summed E-state index contributed by atoms with van der Waals surface area (Å²) in [6.45, 7) is 0.570. The Balaban J connectivity index is 1.68. The van der Waals surface area contributed by atoms with Crippen LogP contribution in [0.1, 0.15) is 0 Å². The number of thiophene rings is 1. The Labute approximate surface area is 101 Å². The van der Waals surface area contributed by atoms with Crippen LogP contribution in [0.2, 0.25) is 0 Å². The fourth-order valence-corrected chi connectivity index (χ4v) is 2.44. The van der Waals surface area contributed by atoms with Gasteiger partial charge in [-0.25, -0.2) is 0 Å². The Bertz CT molecular complexity index is 489. The second-order valence-electron chi connectivity index (χ2n) is 3.77. The van der Waals surface area contributed by atoms with Crippen LogP contribution in [0.25, 0.3) is 0 Å². The maximum Gasteiger partial charge on any atom is 0.253 e. The largest absolute Gasteiger partial charge is 0.485 e. The van der Waals surface area contributed by atoms with Crippen molar-refractivity contribution in [1.29, 1.82) is 0 Å². The molecule has 3 heterocycles. The van der Waals surface area contributed by atoms with Crippen molar-refractivity contribution in [3.05, 3.63) is 22.9 Å². The summed E-state index contributed by atoms with van der Waals surface area (Å²) >= 11 is 1.49. The van der Waals surface area contributed by atoms with Crippen molar-refractivity contribution in [2.75, 3.05) is 13.2 Å². The summed E-state index contributed by atoms with van der Waals surface area (Å²) in [7, 11) is 0. The predicted octanol–water partition coefficient (Wildman–Crippen LogP) is 0.813. The van der Waals surface area contributed by atoms with E-state index in [0.29, 0.717) is 12.4 Å². The van der Waals surface area contributed by atoms with Gasteiger partial charge in [0.1, 0.15) is 6.61 Å². The summed E-state index contributed by atoms with van der Waals surface area (Å²) in [5, 5.41) is 3.70. The molecular weight excluding hydrogens is 242 g/mol. The molecule has 0 aliphatic carbocycles. The van der Waals surface area contributed by atoms with E-state index in [1.165, 1.54) is 23.5 Å². The first kappa shape index (κ1) is 10.3. The summed E-state index contributed by atoms with van der Waals surface area (Å²) in [5.41, 5.74) is 0. The van der Waals surface area contributed by atoms with Crippen LogP contribution in [-0.4, -0.2) is 36.0 Å². The number of carbonyl (C=O) groups is 2. The molecule has 0 spiro atoms. The SMILES string of the molecule is O=C1C=CC(=O)N1CC1COc2cscc2O1. The monoisotopic (exact) mass is 251 g/mol. The molecule has 0 bridgehead atoms. The van der Waals surface area contributed by atoms with Gasteiger partial charge in [0.2, 0.25) is 0 Å². The minimum Gasteiger partial charge on any atom is -0.485 e. The Morgan fingerprint density at radius 1 is 1.24 bits per heavy atom. The molecular formula is C11H9NO4S. The number of fused-ring (bicyclic) bond motifs is 1. The zero-order valence-electron chi connectivity index (χ0n) is 8.79. The van der Waals surface area contributed by atoms with Gasteiger partial charge in [0.15, 0.2) is 17.6 Å². The van der Waals surface area contributed by atoms with Gasteiger partial charge < -0.3 is 9.47 Å². The molecule has 2 amide bonds. The summed E-state index contributed by atoms with van der Waals surface area (Å²) < 4.78 is 11.1. The van der Waals surface area contributed by atoms with Gasteiger partial charge in [-0.05, 0) is 0 Å². The number of amides is 2. The lowest BCUT2D eigenvalue weighted by Crippen LogP contribution is -2.43. The van der Waals surface area contributed by atoms with Crippen molar-refractivity contribution in [3.8, 4) is 11.5 Å². The van der Waals surface area contributed by atoms with E-state index in [0.717, 1.165) is 10.6 Å². The average Bonchev–Trinajstić information content (AvgIpc) is 2.90. The fourth-order valence-electron chi connectivity index (χ4n) is 1.77. The minimum absolute atomic E-state index is 0.222. The van der Waals surface area contributed by atoms with Gasteiger partial charge in [-0.3, -0.25) is 14.5 Å². The molecule has 2 aliphatic heterocycles. The van der Waals surface area contributed by atoms with E-state index in [4.69, 9.17) is 9.47 Å². The second kappa shape index (κ2) is 3.89. The molecule has 0 fully saturated rings. The van der Waals surface area contributed by atoms with E-state index in [9.17, 15) is 9.59 Å². The van der Waals surface area contributed by atoms with Gasteiger partial charge in [-0.1, -0.05) is 0 Å². The van der Waals surface area contributed by atoms with E-state index in [1.807, 2.05) is 10.8 Å². The molecule has 2 aliphatic rings. The number of carbonyl (C=O) groups excluding carboxylic acids is 2. The van der Waals surface area contributed by atoms with Crippen molar-refractivity contribution in [2.24, 2.45) is 0 Å². The first-order chi connectivity index (χ1) is 8.24. The van der Waals surface area contributed by atoms with Crippen molar-refractivity contribution in [2.45, 2.75) is 6.10 Å². The van der Waals surface area contributed by atoms with Crippen LogP contribution in [0.3, 0.4) is 0 Å². The third kappa shape index (κ3) is 1.80. The minimum atomic E-state index is -0.301. The van der Waals surface area contributed by atoms with Gasteiger partial charge in [-0.2, -0.15) is 0 Å². The summed E-state index contributed by atoms with van der Waals surface area (Å²) in [5.74, 6) is 0.811. The number of imide groups is 1. The summed E-state index contributed by atoms with van der Waals surface area (Å²) in [6.07, 6.45) is 2.23. The van der Waals surface area contributed by atoms with Crippen LogP contribution < -0.4 is 9.47 Å². The molecule has 88 valence electrons. The highest BCUT2D eigenvalue weighted by Gasteiger charge is 2.30. The molecule has 1 aromatic rings.